The first kappa shape index (κ1) is 18.2. The molecule has 0 radical (unpaired) electrons. The van der Waals surface area contributed by atoms with Crippen molar-refractivity contribution >= 4 is 39.1 Å². The number of H-pyrrole nitrogens is 1. The molecule has 0 fully saturated rings. The SMILES string of the molecule is CN(Cc1nc2ccsc2c(=O)[nH]1)C(=O)COc1ccc2c(c1)CCC(=O)N2. The number of ether oxygens (including phenoxy) is 1. The van der Waals surface area contributed by atoms with Crippen molar-refractivity contribution in [2.24, 2.45) is 0 Å². The van der Waals surface area contributed by atoms with Crippen LogP contribution in [0, 0.1) is 0 Å². The third-order valence-corrected chi connectivity index (χ3v) is 5.41. The fourth-order valence-corrected chi connectivity index (χ4v) is 3.74. The third kappa shape index (κ3) is 3.74. The van der Waals surface area contributed by atoms with E-state index in [2.05, 4.69) is 15.3 Å². The van der Waals surface area contributed by atoms with Crippen molar-refractivity contribution < 1.29 is 14.3 Å². The molecule has 3 heterocycles. The zero-order chi connectivity index (χ0) is 19.7. The van der Waals surface area contributed by atoms with Gasteiger partial charge in [0.2, 0.25) is 5.91 Å². The Morgan fingerprint density at radius 1 is 1.29 bits per heavy atom. The van der Waals surface area contributed by atoms with E-state index in [1.165, 1.54) is 16.2 Å². The predicted octanol–water partition coefficient (Wildman–Crippen LogP) is 1.91. The molecule has 4 rings (SSSR count). The molecule has 0 spiro atoms. The number of nitrogens with zero attached hydrogens (tertiary/aromatic N) is 2. The molecule has 1 aromatic carbocycles. The summed E-state index contributed by atoms with van der Waals surface area (Å²) in [5, 5.41) is 4.62. The second-order valence-corrected chi connectivity index (χ2v) is 7.47. The number of carbonyl (C=O) groups is 2. The van der Waals surface area contributed by atoms with Crippen LogP contribution in [0.25, 0.3) is 10.2 Å². The lowest BCUT2D eigenvalue weighted by molar-refractivity contribution is -0.132. The van der Waals surface area contributed by atoms with E-state index in [4.69, 9.17) is 4.74 Å². The van der Waals surface area contributed by atoms with Crippen molar-refractivity contribution in [3.05, 3.63) is 51.4 Å². The summed E-state index contributed by atoms with van der Waals surface area (Å²) < 4.78 is 6.18. The van der Waals surface area contributed by atoms with Gasteiger partial charge in [-0.2, -0.15) is 0 Å². The Balaban J connectivity index is 1.38. The number of fused-ring (bicyclic) bond motifs is 2. The van der Waals surface area contributed by atoms with E-state index < -0.39 is 0 Å². The number of nitrogens with one attached hydrogen (secondary N) is 2. The lowest BCUT2D eigenvalue weighted by atomic mass is 10.0. The Hall–Kier alpha value is -3.20. The number of likely N-dealkylation sites (N-methyl/N-ethyl adjacent to an activating group) is 1. The van der Waals surface area contributed by atoms with Gasteiger partial charge < -0.3 is 19.9 Å². The number of aromatic nitrogens is 2. The summed E-state index contributed by atoms with van der Waals surface area (Å²) in [6, 6.07) is 7.12. The molecular weight excluding hydrogens is 380 g/mol. The Kier molecular flexibility index (Phi) is 4.82. The molecule has 8 nitrogen and oxygen atoms in total. The number of aromatic amines is 1. The maximum atomic E-state index is 12.4. The van der Waals surface area contributed by atoms with Crippen LogP contribution in [0.4, 0.5) is 5.69 Å². The van der Waals surface area contributed by atoms with Crippen LogP contribution in [0.5, 0.6) is 5.75 Å². The predicted molar refractivity (Wildman–Crippen MR) is 106 cm³/mol. The molecule has 3 aromatic rings. The average molecular weight is 398 g/mol. The largest absolute Gasteiger partial charge is 0.484 e. The van der Waals surface area contributed by atoms with E-state index in [-0.39, 0.29) is 30.5 Å². The standard InChI is InChI=1S/C19H18N4O4S/c1-23(9-15-20-14-6-7-28-18(14)19(26)22-15)17(25)10-27-12-3-4-13-11(8-12)2-5-16(24)21-13/h3-4,6-8H,2,5,9-10H2,1H3,(H,21,24)(H,20,22,26). The van der Waals surface area contributed by atoms with Crippen LogP contribution in [0.3, 0.4) is 0 Å². The van der Waals surface area contributed by atoms with E-state index in [0.29, 0.717) is 34.6 Å². The Labute approximate surface area is 164 Å². The molecule has 1 aliphatic heterocycles. The van der Waals surface area contributed by atoms with Crippen molar-refractivity contribution in [3.63, 3.8) is 0 Å². The van der Waals surface area contributed by atoms with E-state index in [1.54, 1.807) is 25.2 Å². The lowest BCUT2D eigenvalue weighted by Gasteiger charge is -2.19. The van der Waals surface area contributed by atoms with Gasteiger partial charge in [0.25, 0.3) is 11.5 Å². The molecule has 2 N–H and O–H groups in total. The van der Waals surface area contributed by atoms with Crippen molar-refractivity contribution in [1.82, 2.24) is 14.9 Å². The summed E-state index contributed by atoms with van der Waals surface area (Å²) in [5.74, 6) is 0.767. The number of amides is 2. The van der Waals surface area contributed by atoms with Crippen LogP contribution >= 0.6 is 11.3 Å². The Morgan fingerprint density at radius 2 is 2.14 bits per heavy atom. The highest BCUT2D eigenvalue weighted by atomic mass is 32.1. The summed E-state index contributed by atoms with van der Waals surface area (Å²) in [6.07, 6.45) is 1.09. The quantitative estimate of drug-likeness (QED) is 0.683. The van der Waals surface area contributed by atoms with Gasteiger partial charge in [-0.05, 0) is 41.6 Å². The van der Waals surface area contributed by atoms with E-state index in [9.17, 15) is 14.4 Å². The minimum Gasteiger partial charge on any atom is -0.484 e. The van der Waals surface area contributed by atoms with Crippen molar-refractivity contribution in [3.8, 4) is 5.75 Å². The van der Waals surface area contributed by atoms with Gasteiger partial charge >= 0.3 is 0 Å². The molecule has 144 valence electrons. The van der Waals surface area contributed by atoms with Gasteiger partial charge in [-0.25, -0.2) is 4.98 Å². The number of anilines is 1. The molecule has 0 bridgehead atoms. The van der Waals surface area contributed by atoms with Crippen LogP contribution < -0.4 is 15.6 Å². The second kappa shape index (κ2) is 7.43. The number of thiophene rings is 1. The lowest BCUT2D eigenvalue weighted by Crippen LogP contribution is -2.32. The molecule has 0 unspecified atom stereocenters. The van der Waals surface area contributed by atoms with Crippen LogP contribution in [-0.2, 0) is 22.6 Å². The smallest absolute Gasteiger partial charge is 0.268 e. The van der Waals surface area contributed by atoms with Gasteiger partial charge in [0.1, 0.15) is 16.3 Å². The van der Waals surface area contributed by atoms with Gasteiger partial charge in [-0.1, -0.05) is 0 Å². The summed E-state index contributed by atoms with van der Waals surface area (Å²) in [6.45, 7) is 0.0476. The summed E-state index contributed by atoms with van der Waals surface area (Å²) in [7, 11) is 1.63. The number of hydrogen-bond donors (Lipinski definition) is 2. The molecule has 0 atom stereocenters. The van der Waals surface area contributed by atoms with E-state index >= 15 is 0 Å². The fraction of sp³-hybridized carbons (Fsp3) is 0.263. The van der Waals surface area contributed by atoms with Crippen molar-refractivity contribution in [2.75, 3.05) is 19.0 Å². The zero-order valence-corrected chi connectivity index (χ0v) is 16.0. The van der Waals surface area contributed by atoms with Crippen LogP contribution in [-0.4, -0.2) is 40.3 Å². The molecule has 2 amide bonds. The third-order valence-electron chi connectivity index (χ3n) is 4.51. The average Bonchev–Trinajstić information content (AvgIpc) is 3.15. The first-order valence-electron chi connectivity index (χ1n) is 8.75. The van der Waals surface area contributed by atoms with E-state index in [1.807, 2.05) is 11.4 Å². The normalized spacial score (nSPS) is 13.1. The van der Waals surface area contributed by atoms with Gasteiger partial charge in [0.15, 0.2) is 6.61 Å². The summed E-state index contributed by atoms with van der Waals surface area (Å²) in [5.41, 5.74) is 2.20. The molecule has 0 saturated carbocycles. The number of rotatable bonds is 5. The highest BCUT2D eigenvalue weighted by molar-refractivity contribution is 7.17. The minimum absolute atomic E-state index is 0.00487. The van der Waals surface area contributed by atoms with Crippen molar-refractivity contribution in [1.29, 1.82) is 0 Å². The maximum Gasteiger partial charge on any atom is 0.268 e. The van der Waals surface area contributed by atoms with Crippen molar-refractivity contribution in [2.45, 2.75) is 19.4 Å². The molecule has 0 aliphatic carbocycles. The highest BCUT2D eigenvalue weighted by Gasteiger charge is 2.16. The Morgan fingerprint density at radius 3 is 3.00 bits per heavy atom. The zero-order valence-electron chi connectivity index (χ0n) is 15.2. The second-order valence-electron chi connectivity index (χ2n) is 6.55. The molecule has 2 aromatic heterocycles. The first-order chi connectivity index (χ1) is 13.5. The molecule has 0 saturated heterocycles. The topological polar surface area (TPSA) is 104 Å². The molecule has 9 heteroatoms. The van der Waals surface area contributed by atoms with Crippen LogP contribution in [0.2, 0.25) is 0 Å². The van der Waals surface area contributed by atoms with Crippen LogP contribution in [0.15, 0.2) is 34.4 Å². The number of carbonyl (C=O) groups excluding carboxylic acids is 2. The minimum atomic E-state index is -0.237. The molecule has 28 heavy (non-hydrogen) atoms. The molecular formula is C19H18N4O4S. The van der Waals surface area contributed by atoms with Gasteiger partial charge in [0, 0.05) is 19.2 Å². The highest BCUT2D eigenvalue weighted by Crippen LogP contribution is 2.26. The number of hydrogen-bond acceptors (Lipinski definition) is 6. The Bertz CT molecular complexity index is 1120. The number of benzene rings is 1. The monoisotopic (exact) mass is 398 g/mol. The summed E-state index contributed by atoms with van der Waals surface area (Å²) in [4.78, 5) is 44.3. The fourth-order valence-electron chi connectivity index (χ4n) is 3.01. The van der Waals surface area contributed by atoms with Crippen LogP contribution in [0.1, 0.15) is 17.8 Å². The van der Waals surface area contributed by atoms with E-state index in [0.717, 1.165) is 11.3 Å². The number of aryl methyl sites for hydroxylation is 1. The maximum absolute atomic E-state index is 12.4. The van der Waals surface area contributed by atoms with Gasteiger partial charge in [-0.3, -0.25) is 14.4 Å². The first-order valence-corrected chi connectivity index (χ1v) is 9.63. The molecule has 1 aliphatic rings. The van der Waals surface area contributed by atoms with Gasteiger partial charge in [0.05, 0.1) is 12.1 Å². The van der Waals surface area contributed by atoms with Gasteiger partial charge in [-0.15, -0.1) is 11.3 Å². The summed E-state index contributed by atoms with van der Waals surface area (Å²) >= 11 is 1.33.